The fraction of sp³-hybridized carbons (Fsp3) is 0.538. The first kappa shape index (κ1) is 11.2. The minimum Gasteiger partial charge on any atom is -0.316 e. The van der Waals surface area contributed by atoms with E-state index in [1.54, 1.807) is 0 Å². The Morgan fingerprint density at radius 3 is 2.80 bits per heavy atom. The van der Waals surface area contributed by atoms with Crippen LogP contribution in [0.2, 0.25) is 0 Å². The molecule has 1 heterocycles. The summed E-state index contributed by atoms with van der Waals surface area (Å²) in [5.74, 6) is 0.756. The van der Waals surface area contributed by atoms with Crippen LogP contribution in [0.1, 0.15) is 25.8 Å². The Hall–Kier alpha value is -0.340. The van der Waals surface area contributed by atoms with Gasteiger partial charge < -0.3 is 5.32 Å². The molecular weight excluding hydrogens is 250 g/mol. The van der Waals surface area contributed by atoms with Crippen molar-refractivity contribution >= 4 is 15.9 Å². The molecule has 1 aliphatic heterocycles. The van der Waals surface area contributed by atoms with Gasteiger partial charge in [0.2, 0.25) is 0 Å². The number of hydrogen-bond donors (Lipinski definition) is 1. The molecule has 1 aromatic rings. The average molecular weight is 268 g/mol. The molecule has 82 valence electrons. The van der Waals surface area contributed by atoms with Gasteiger partial charge in [-0.3, -0.25) is 0 Å². The van der Waals surface area contributed by atoms with Gasteiger partial charge in [-0.15, -0.1) is 0 Å². The van der Waals surface area contributed by atoms with E-state index in [9.17, 15) is 0 Å². The highest BCUT2D eigenvalue weighted by atomic mass is 79.9. The number of rotatable bonds is 2. The van der Waals surface area contributed by atoms with Gasteiger partial charge in [-0.1, -0.05) is 41.9 Å². The molecule has 0 bridgehead atoms. The molecule has 0 radical (unpaired) electrons. The summed E-state index contributed by atoms with van der Waals surface area (Å²) >= 11 is 3.55. The van der Waals surface area contributed by atoms with E-state index in [2.05, 4.69) is 59.4 Å². The number of nitrogens with one attached hydrogen (secondary N) is 1. The smallest absolute Gasteiger partial charge is 0.0178 e. The van der Waals surface area contributed by atoms with E-state index in [0.29, 0.717) is 0 Å². The predicted molar refractivity (Wildman–Crippen MR) is 68.1 cm³/mol. The summed E-state index contributed by atoms with van der Waals surface area (Å²) in [4.78, 5) is 0. The molecule has 1 aromatic carbocycles. The van der Waals surface area contributed by atoms with Crippen LogP contribution in [-0.2, 0) is 5.41 Å². The average Bonchev–Trinajstić information content (AvgIpc) is 2.71. The maximum atomic E-state index is 3.55. The van der Waals surface area contributed by atoms with Crippen molar-refractivity contribution in [3.05, 3.63) is 34.3 Å². The molecule has 15 heavy (non-hydrogen) atoms. The highest BCUT2D eigenvalue weighted by Crippen LogP contribution is 2.36. The standard InChI is InChI=1S/C13H18BrN/c1-13(2,11-6-7-15-9-11)10-4-3-5-12(14)8-10/h3-5,8,11,15H,6-7,9H2,1-2H3. The molecule has 2 rings (SSSR count). The maximum absolute atomic E-state index is 3.55. The van der Waals surface area contributed by atoms with Crippen LogP contribution in [0.5, 0.6) is 0 Å². The molecule has 0 aliphatic carbocycles. The number of hydrogen-bond acceptors (Lipinski definition) is 1. The molecule has 1 fully saturated rings. The molecule has 1 N–H and O–H groups in total. The molecular formula is C13H18BrN. The SMILES string of the molecule is CC(C)(c1cccc(Br)c1)C1CCNC1. The van der Waals surface area contributed by atoms with Gasteiger partial charge in [0.25, 0.3) is 0 Å². The van der Waals surface area contributed by atoms with Crippen LogP contribution in [0.4, 0.5) is 0 Å². The monoisotopic (exact) mass is 267 g/mol. The zero-order valence-electron chi connectivity index (χ0n) is 9.39. The maximum Gasteiger partial charge on any atom is 0.0178 e. The summed E-state index contributed by atoms with van der Waals surface area (Å²) in [6, 6.07) is 8.71. The largest absolute Gasteiger partial charge is 0.316 e. The van der Waals surface area contributed by atoms with Crippen molar-refractivity contribution in [2.45, 2.75) is 25.7 Å². The second-order valence-electron chi connectivity index (χ2n) is 4.92. The van der Waals surface area contributed by atoms with Gasteiger partial charge >= 0.3 is 0 Å². The van der Waals surface area contributed by atoms with Gasteiger partial charge in [0.15, 0.2) is 0 Å². The van der Waals surface area contributed by atoms with E-state index < -0.39 is 0 Å². The molecule has 1 unspecified atom stereocenters. The van der Waals surface area contributed by atoms with E-state index in [1.165, 1.54) is 23.0 Å². The van der Waals surface area contributed by atoms with Crippen molar-refractivity contribution < 1.29 is 0 Å². The van der Waals surface area contributed by atoms with Gasteiger partial charge in [-0.05, 0) is 48.5 Å². The van der Waals surface area contributed by atoms with Crippen molar-refractivity contribution in [1.29, 1.82) is 0 Å². The van der Waals surface area contributed by atoms with Gasteiger partial charge in [-0.25, -0.2) is 0 Å². The molecule has 0 aromatic heterocycles. The van der Waals surface area contributed by atoms with Gasteiger partial charge in [0.1, 0.15) is 0 Å². The summed E-state index contributed by atoms with van der Waals surface area (Å²) in [5, 5.41) is 3.45. The summed E-state index contributed by atoms with van der Waals surface area (Å²) in [7, 11) is 0. The summed E-state index contributed by atoms with van der Waals surface area (Å²) in [5.41, 5.74) is 1.71. The molecule has 2 heteroatoms. The molecule has 0 amide bonds. The zero-order valence-corrected chi connectivity index (χ0v) is 11.0. The van der Waals surface area contributed by atoms with Crippen LogP contribution in [-0.4, -0.2) is 13.1 Å². The van der Waals surface area contributed by atoms with Gasteiger partial charge in [0.05, 0.1) is 0 Å². The van der Waals surface area contributed by atoms with Gasteiger partial charge in [-0.2, -0.15) is 0 Å². The van der Waals surface area contributed by atoms with Crippen LogP contribution in [0.25, 0.3) is 0 Å². The lowest BCUT2D eigenvalue weighted by atomic mass is 9.73. The Morgan fingerprint density at radius 2 is 2.20 bits per heavy atom. The fourth-order valence-electron chi connectivity index (χ4n) is 2.40. The lowest BCUT2D eigenvalue weighted by molar-refractivity contribution is 0.343. The Labute approximate surface area is 100 Å². The van der Waals surface area contributed by atoms with E-state index in [0.717, 1.165) is 12.5 Å². The Balaban J connectivity index is 2.27. The van der Waals surface area contributed by atoms with Crippen LogP contribution in [0, 0.1) is 5.92 Å². The minimum absolute atomic E-state index is 0.271. The lowest BCUT2D eigenvalue weighted by Crippen LogP contribution is -2.30. The topological polar surface area (TPSA) is 12.0 Å². The van der Waals surface area contributed by atoms with E-state index >= 15 is 0 Å². The van der Waals surface area contributed by atoms with Crippen LogP contribution in [0.15, 0.2) is 28.7 Å². The second-order valence-corrected chi connectivity index (χ2v) is 5.84. The molecule has 1 saturated heterocycles. The van der Waals surface area contributed by atoms with Crippen molar-refractivity contribution in [3.8, 4) is 0 Å². The first-order valence-electron chi connectivity index (χ1n) is 5.57. The predicted octanol–water partition coefficient (Wildman–Crippen LogP) is 3.34. The van der Waals surface area contributed by atoms with E-state index in [1.807, 2.05) is 0 Å². The normalized spacial score (nSPS) is 21.9. The third-order valence-corrected chi connectivity index (χ3v) is 4.14. The third-order valence-electron chi connectivity index (χ3n) is 3.65. The summed E-state index contributed by atoms with van der Waals surface area (Å²) in [6.45, 7) is 7.03. The summed E-state index contributed by atoms with van der Waals surface area (Å²) in [6.07, 6.45) is 1.29. The highest BCUT2D eigenvalue weighted by Gasteiger charge is 2.33. The highest BCUT2D eigenvalue weighted by molar-refractivity contribution is 9.10. The van der Waals surface area contributed by atoms with Crippen molar-refractivity contribution in [2.24, 2.45) is 5.92 Å². The second kappa shape index (κ2) is 4.26. The molecule has 1 aliphatic rings. The number of benzene rings is 1. The Morgan fingerprint density at radius 1 is 1.40 bits per heavy atom. The summed E-state index contributed by atoms with van der Waals surface area (Å²) < 4.78 is 1.18. The van der Waals surface area contributed by atoms with Crippen molar-refractivity contribution in [3.63, 3.8) is 0 Å². The molecule has 1 atom stereocenters. The number of halogens is 1. The van der Waals surface area contributed by atoms with Crippen molar-refractivity contribution in [1.82, 2.24) is 5.32 Å². The van der Waals surface area contributed by atoms with Gasteiger partial charge in [0, 0.05) is 4.47 Å². The quantitative estimate of drug-likeness (QED) is 0.867. The van der Waals surface area contributed by atoms with Crippen LogP contribution >= 0.6 is 15.9 Å². The van der Waals surface area contributed by atoms with Crippen molar-refractivity contribution in [2.75, 3.05) is 13.1 Å². The molecule has 0 spiro atoms. The van der Waals surface area contributed by atoms with Crippen LogP contribution in [0.3, 0.4) is 0 Å². The minimum atomic E-state index is 0.271. The molecule has 0 saturated carbocycles. The van der Waals surface area contributed by atoms with Crippen LogP contribution < -0.4 is 5.32 Å². The molecule has 1 nitrogen and oxygen atoms in total. The Kier molecular flexibility index (Phi) is 3.17. The third kappa shape index (κ3) is 2.26. The fourth-order valence-corrected chi connectivity index (χ4v) is 2.79. The Bertz CT molecular complexity index is 340. The first-order valence-corrected chi connectivity index (χ1v) is 6.37. The van der Waals surface area contributed by atoms with E-state index in [4.69, 9.17) is 0 Å². The lowest BCUT2D eigenvalue weighted by Gasteiger charge is -2.32. The zero-order chi connectivity index (χ0) is 10.9. The van der Waals surface area contributed by atoms with E-state index in [-0.39, 0.29) is 5.41 Å². The first-order chi connectivity index (χ1) is 7.10.